The quantitative estimate of drug-likeness (QED) is 0.659. The standard InChI is InChI=1S/C13H17ClN2O2/c1-4-5-15-16-12(17)8-18-11-6-9(2)13(14)10(3)7-11/h5-7H,4,8H2,1-3H3,(H,16,17)/b15-5+. The third-order valence-electron chi connectivity index (χ3n) is 2.24. The van der Waals surface area contributed by atoms with Crippen molar-refractivity contribution in [3.05, 3.63) is 28.3 Å². The van der Waals surface area contributed by atoms with Gasteiger partial charge in [0.1, 0.15) is 5.75 Å². The number of rotatable bonds is 5. The Hall–Kier alpha value is -1.55. The number of carbonyl (C=O) groups excluding carboxylic acids is 1. The fourth-order valence-corrected chi connectivity index (χ4v) is 1.49. The van der Waals surface area contributed by atoms with Crippen LogP contribution in [0.2, 0.25) is 5.02 Å². The summed E-state index contributed by atoms with van der Waals surface area (Å²) in [5, 5.41) is 4.45. The minimum atomic E-state index is -0.287. The van der Waals surface area contributed by atoms with Gasteiger partial charge >= 0.3 is 0 Å². The topological polar surface area (TPSA) is 50.7 Å². The number of hydrogen-bond donors (Lipinski definition) is 1. The van der Waals surface area contributed by atoms with Crippen LogP contribution < -0.4 is 10.2 Å². The molecule has 0 aliphatic rings. The van der Waals surface area contributed by atoms with Gasteiger partial charge in [0.2, 0.25) is 0 Å². The van der Waals surface area contributed by atoms with E-state index in [9.17, 15) is 4.79 Å². The van der Waals surface area contributed by atoms with E-state index >= 15 is 0 Å². The fraction of sp³-hybridized carbons (Fsp3) is 0.385. The molecule has 0 saturated carbocycles. The van der Waals surface area contributed by atoms with E-state index in [1.54, 1.807) is 18.3 Å². The van der Waals surface area contributed by atoms with Crippen molar-refractivity contribution in [3.8, 4) is 5.75 Å². The van der Waals surface area contributed by atoms with Crippen molar-refractivity contribution < 1.29 is 9.53 Å². The maximum absolute atomic E-state index is 11.4. The van der Waals surface area contributed by atoms with Crippen LogP contribution in [0, 0.1) is 13.8 Å². The average molecular weight is 269 g/mol. The van der Waals surface area contributed by atoms with Crippen molar-refractivity contribution >= 4 is 23.7 Å². The molecule has 5 heteroatoms. The van der Waals surface area contributed by atoms with Crippen molar-refractivity contribution in [2.45, 2.75) is 27.2 Å². The number of halogens is 1. The molecule has 0 aromatic heterocycles. The highest BCUT2D eigenvalue weighted by molar-refractivity contribution is 6.32. The molecule has 18 heavy (non-hydrogen) atoms. The maximum atomic E-state index is 11.4. The van der Waals surface area contributed by atoms with Gasteiger partial charge in [0.15, 0.2) is 6.61 Å². The summed E-state index contributed by atoms with van der Waals surface area (Å²) in [6.07, 6.45) is 2.39. The van der Waals surface area contributed by atoms with Crippen LogP contribution in [0.1, 0.15) is 24.5 Å². The molecule has 0 atom stereocenters. The Kier molecular flexibility index (Phi) is 5.65. The molecular weight excluding hydrogens is 252 g/mol. The smallest absolute Gasteiger partial charge is 0.277 e. The number of nitrogens with zero attached hydrogens (tertiary/aromatic N) is 1. The van der Waals surface area contributed by atoms with E-state index in [0.29, 0.717) is 5.75 Å². The number of hydrazone groups is 1. The first kappa shape index (κ1) is 14.5. The number of nitrogens with one attached hydrogen (secondary N) is 1. The van der Waals surface area contributed by atoms with E-state index in [1.807, 2.05) is 20.8 Å². The zero-order valence-electron chi connectivity index (χ0n) is 10.8. The Morgan fingerprint density at radius 1 is 1.44 bits per heavy atom. The van der Waals surface area contributed by atoms with Gasteiger partial charge < -0.3 is 4.74 Å². The van der Waals surface area contributed by atoms with E-state index in [0.717, 1.165) is 22.6 Å². The molecule has 1 aromatic carbocycles. The van der Waals surface area contributed by atoms with Gasteiger partial charge in [0.25, 0.3) is 5.91 Å². The van der Waals surface area contributed by atoms with Gasteiger partial charge in [-0.1, -0.05) is 18.5 Å². The van der Waals surface area contributed by atoms with Crippen LogP contribution in [0.5, 0.6) is 5.75 Å². The molecule has 0 aliphatic carbocycles. The first-order chi connectivity index (χ1) is 8.54. The minimum Gasteiger partial charge on any atom is -0.484 e. The summed E-state index contributed by atoms with van der Waals surface area (Å²) in [7, 11) is 0. The summed E-state index contributed by atoms with van der Waals surface area (Å²) in [6, 6.07) is 3.61. The third kappa shape index (κ3) is 4.37. The Labute approximate surface area is 112 Å². The highest BCUT2D eigenvalue weighted by atomic mass is 35.5. The van der Waals surface area contributed by atoms with Crippen LogP contribution in [0.25, 0.3) is 0 Å². The van der Waals surface area contributed by atoms with Gasteiger partial charge in [-0.05, 0) is 43.5 Å². The minimum absolute atomic E-state index is 0.0679. The number of ether oxygens (including phenoxy) is 1. The molecule has 0 unspecified atom stereocenters. The van der Waals surface area contributed by atoms with Crippen LogP contribution in [-0.2, 0) is 4.79 Å². The third-order valence-corrected chi connectivity index (χ3v) is 2.84. The van der Waals surface area contributed by atoms with Crippen molar-refractivity contribution in [1.29, 1.82) is 0 Å². The van der Waals surface area contributed by atoms with E-state index in [-0.39, 0.29) is 12.5 Å². The van der Waals surface area contributed by atoms with Gasteiger partial charge in [-0.15, -0.1) is 0 Å². The second-order valence-electron chi connectivity index (χ2n) is 3.91. The Morgan fingerprint density at radius 2 is 2.06 bits per heavy atom. The highest BCUT2D eigenvalue weighted by Crippen LogP contribution is 2.25. The molecule has 1 amide bonds. The first-order valence-corrected chi connectivity index (χ1v) is 6.12. The van der Waals surface area contributed by atoms with Gasteiger partial charge in [-0.2, -0.15) is 5.10 Å². The summed E-state index contributed by atoms with van der Waals surface area (Å²) in [4.78, 5) is 11.4. The maximum Gasteiger partial charge on any atom is 0.277 e. The molecule has 0 saturated heterocycles. The van der Waals surface area contributed by atoms with E-state index < -0.39 is 0 Å². The summed E-state index contributed by atoms with van der Waals surface area (Å²) in [5.74, 6) is 0.342. The lowest BCUT2D eigenvalue weighted by Gasteiger charge is -2.09. The summed E-state index contributed by atoms with van der Waals surface area (Å²) in [6.45, 7) is 5.66. The number of amides is 1. The van der Waals surface area contributed by atoms with Crippen LogP contribution >= 0.6 is 11.6 Å². The summed E-state index contributed by atoms with van der Waals surface area (Å²) >= 11 is 6.04. The summed E-state index contributed by atoms with van der Waals surface area (Å²) < 4.78 is 5.37. The Balaban J connectivity index is 2.53. The largest absolute Gasteiger partial charge is 0.484 e. The van der Waals surface area contributed by atoms with E-state index in [1.165, 1.54) is 0 Å². The summed E-state index contributed by atoms with van der Waals surface area (Å²) in [5.41, 5.74) is 4.23. The molecule has 0 radical (unpaired) electrons. The van der Waals surface area contributed by atoms with Crippen molar-refractivity contribution in [3.63, 3.8) is 0 Å². The molecule has 1 rings (SSSR count). The Morgan fingerprint density at radius 3 is 2.61 bits per heavy atom. The second-order valence-corrected chi connectivity index (χ2v) is 4.29. The number of aryl methyl sites for hydroxylation is 2. The average Bonchev–Trinajstić information content (AvgIpc) is 2.33. The predicted octanol–water partition coefficient (Wildman–Crippen LogP) is 2.85. The van der Waals surface area contributed by atoms with Crippen LogP contribution in [-0.4, -0.2) is 18.7 Å². The van der Waals surface area contributed by atoms with Gasteiger partial charge in [0, 0.05) is 11.2 Å². The van der Waals surface area contributed by atoms with Crippen molar-refractivity contribution in [1.82, 2.24) is 5.43 Å². The molecule has 0 aliphatic heterocycles. The SMILES string of the molecule is CC/C=N/NC(=O)COc1cc(C)c(Cl)c(C)c1. The van der Waals surface area contributed by atoms with Gasteiger partial charge in [-0.25, -0.2) is 5.43 Å². The Bertz CT molecular complexity index is 435. The van der Waals surface area contributed by atoms with Crippen LogP contribution in [0.15, 0.2) is 17.2 Å². The van der Waals surface area contributed by atoms with Crippen molar-refractivity contribution in [2.24, 2.45) is 5.10 Å². The number of carbonyl (C=O) groups is 1. The van der Waals surface area contributed by atoms with E-state index in [4.69, 9.17) is 16.3 Å². The molecule has 0 heterocycles. The monoisotopic (exact) mass is 268 g/mol. The zero-order chi connectivity index (χ0) is 13.5. The molecule has 1 aromatic rings. The van der Waals surface area contributed by atoms with E-state index in [2.05, 4.69) is 10.5 Å². The number of benzene rings is 1. The van der Waals surface area contributed by atoms with Crippen molar-refractivity contribution in [2.75, 3.05) is 6.61 Å². The second kappa shape index (κ2) is 7.01. The lowest BCUT2D eigenvalue weighted by atomic mass is 10.1. The lowest BCUT2D eigenvalue weighted by molar-refractivity contribution is -0.123. The van der Waals surface area contributed by atoms with Crippen LogP contribution in [0.3, 0.4) is 0 Å². The normalized spacial score (nSPS) is 10.7. The molecule has 1 N–H and O–H groups in total. The molecule has 0 bridgehead atoms. The predicted molar refractivity (Wildman–Crippen MR) is 73.3 cm³/mol. The lowest BCUT2D eigenvalue weighted by Crippen LogP contribution is -2.24. The van der Waals surface area contributed by atoms with Crippen LogP contribution in [0.4, 0.5) is 0 Å². The molecule has 4 nitrogen and oxygen atoms in total. The molecule has 0 spiro atoms. The fourth-order valence-electron chi connectivity index (χ4n) is 1.38. The zero-order valence-corrected chi connectivity index (χ0v) is 11.5. The molecular formula is C13H17ClN2O2. The van der Waals surface area contributed by atoms with Gasteiger partial charge in [-0.3, -0.25) is 4.79 Å². The first-order valence-electron chi connectivity index (χ1n) is 5.74. The molecule has 0 fully saturated rings. The number of hydrogen-bond acceptors (Lipinski definition) is 3. The molecule has 98 valence electrons. The van der Waals surface area contributed by atoms with Gasteiger partial charge in [0.05, 0.1) is 0 Å². The highest BCUT2D eigenvalue weighted by Gasteiger charge is 2.05.